The summed E-state index contributed by atoms with van der Waals surface area (Å²) >= 11 is 0. The first-order chi connectivity index (χ1) is 18.5. The summed E-state index contributed by atoms with van der Waals surface area (Å²) in [5.74, 6) is -1.34. The lowest BCUT2D eigenvalue weighted by molar-refractivity contribution is -0.308. The molecule has 0 amide bonds. The smallest absolute Gasteiger partial charge is 0.334 e. The number of benzene rings is 1. The van der Waals surface area contributed by atoms with Crippen LogP contribution in [0.3, 0.4) is 0 Å². The molecule has 0 aromatic heterocycles. The number of rotatable bonds is 6. The van der Waals surface area contributed by atoms with Crippen LogP contribution >= 0.6 is 0 Å². The van der Waals surface area contributed by atoms with Gasteiger partial charge < -0.3 is 39.4 Å². The van der Waals surface area contributed by atoms with Crippen LogP contribution in [0.25, 0.3) is 0 Å². The summed E-state index contributed by atoms with van der Waals surface area (Å²) in [4.78, 5) is 24.6. The third kappa shape index (κ3) is 5.27. The van der Waals surface area contributed by atoms with Crippen molar-refractivity contribution in [2.24, 2.45) is 17.8 Å². The van der Waals surface area contributed by atoms with Crippen molar-refractivity contribution in [3.63, 3.8) is 0 Å². The van der Waals surface area contributed by atoms with Crippen LogP contribution in [0.15, 0.2) is 60.7 Å². The molecule has 4 N–H and O–H groups in total. The van der Waals surface area contributed by atoms with E-state index in [0.29, 0.717) is 29.6 Å². The molecule has 1 aromatic rings. The van der Waals surface area contributed by atoms with Crippen LogP contribution in [-0.4, -0.2) is 81.9 Å². The second-order valence-electron chi connectivity index (χ2n) is 10.8. The predicted octanol–water partition coefficient (Wildman–Crippen LogP) is 1.31. The number of aliphatic hydroxyl groups excluding tert-OH is 3. The van der Waals surface area contributed by atoms with Gasteiger partial charge >= 0.3 is 11.9 Å². The normalized spacial score (nSPS) is 38.1. The molecule has 2 saturated heterocycles. The monoisotopic (exact) mass is 542 g/mol. The molecular formula is C29H34O10. The van der Waals surface area contributed by atoms with Crippen LogP contribution in [0.1, 0.15) is 24.8 Å². The highest BCUT2D eigenvalue weighted by Gasteiger charge is 2.54. The molecule has 0 radical (unpaired) electrons. The maximum absolute atomic E-state index is 12.3. The third-order valence-corrected chi connectivity index (χ3v) is 8.41. The number of carbonyl (C=O) groups is 2. The van der Waals surface area contributed by atoms with E-state index in [2.05, 4.69) is 19.7 Å². The number of ether oxygens (including phenoxy) is 4. The first-order valence-corrected chi connectivity index (χ1v) is 13.1. The molecule has 10 nitrogen and oxygen atoms in total. The highest BCUT2D eigenvalue weighted by molar-refractivity contribution is 5.91. The second-order valence-corrected chi connectivity index (χ2v) is 10.8. The minimum absolute atomic E-state index is 0.0518. The zero-order chi connectivity index (χ0) is 28.0. The molecule has 10 heteroatoms. The molecular weight excluding hydrogens is 508 g/mol. The van der Waals surface area contributed by atoms with Crippen molar-refractivity contribution in [1.82, 2.24) is 0 Å². The lowest BCUT2D eigenvalue weighted by Crippen LogP contribution is -2.60. The number of carbonyl (C=O) groups excluding carboxylic acids is 2. The van der Waals surface area contributed by atoms with Crippen LogP contribution < -0.4 is 0 Å². The summed E-state index contributed by atoms with van der Waals surface area (Å²) in [6.07, 6.45) is -6.36. The topological polar surface area (TPSA) is 152 Å². The second kappa shape index (κ2) is 10.9. The van der Waals surface area contributed by atoms with Crippen LogP contribution in [0.5, 0.6) is 5.75 Å². The number of aromatic hydroxyl groups is 1. The predicted molar refractivity (Wildman–Crippen MR) is 136 cm³/mol. The lowest BCUT2D eigenvalue weighted by atomic mass is 9.82. The first-order valence-electron chi connectivity index (χ1n) is 13.1. The number of phenols is 1. The van der Waals surface area contributed by atoms with Gasteiger partial charge in [0, 0.05) is 17.4 Å². The van der Waals surface area contributed by atoms with Crippen LogP contribution in [-0.2, 0) is 35.0 Å². The number of hydrogen-bond donors (Lipinski definition) is 4. The van der Waals surface area contributed by atoms with E-state index in [4.69, 9.17) is 18.9 Å². The van der Waals surface area contributed by atoms with E-state index in [1.165, 1.54) is 12.1 Å². The van der Waals surface area contributed by atoms with Crippen LogP contribution in [0, 0.1) is 17.8 Å². The zero-order valence-electron chi connectivity index (χ0n) is 21.5. The van der Waals surface area contributed by atoms with Crippen LogP contribution in [0.2, 0.25) is 0 Å². The number of esters is 2. The number of phenolic OH excluding ortho intramolecular Hbond substituents is 1. The van der Waals surface area contributed by atoms with E-state index in [1.807, 2.05) is 0 Å². The summed E-state index contributed by atoms with van der Waals surface area (Å²) in [7, 11) is 0. The van der Waals surface area contributed by atoms with E-state index >= 15 is 0 Å². The Balaban J connectivity index is 1.23. The SMILES string of the molecule is C=C1C(=O)OC2C1CCC(=C)C1CC(OC3OC(COC(=O)Cc4ccc(O)cc4)C(O)C(O)C3O)C(=C)C12. The van der Waals surface area contributed by atoms with Crippen molar-refractivity contribution >= 4 is 11.9 Å². The fraction of sp³-hybridized carbons (Fsp3) is 0.517. The van der Waals surface area contributed by atoms with Crippen molar-refractivity contribution in [2.75, 3.05) is 6.61 Å². The molecule has 5 rings (SSSR count). The van der Waals surface area contributed by atoms with Crippen LogP contribution in [0.4, 0.5) is 0 Å². The van der Waals surface area contributed by atoms with Gasteiger partial charge in [0.05, 0.1) is 12.5 Å². The number of fused-ring (bicyclic) bond motifs is 3. The molecule has 2 aliphatic heterocycles. The Morgan fingerprint density at radius 2 is 1.74 bits per heavy atom. The largest absolute Gasteiger partial charge is 0.508 e. The summed E-state index contributed by atoms with van der Waals surface area (Å²) in [5, 5.41) is 41.0. The van der Waals surface area contributed by atoms with Gasteiger partial charge in [-0.1, -0.05) is 37.4 Å². The van der Waals surface area contributed by atoms with Crippen molar-refractivity contribution in [2.45, 2.75) is 68.6 Å². The molecule has 1 aromatic carbocycles. The molecule has 210 valence electrons. The van der Waals surface area contributed by atoms with Gasteiger partial charge in [0.25, 0.3) is 0 Å². The van der Waals surface area contributed by atoms with Crippen molar-refractivity contribution in [3.8, 4) is 5.75 Å². The van der Waals surface area contributed by atoms with E-state index in [1.54, 1.807) is 12.1 Å². The van der Waals surface area contributed by atoms with Gasteiger partial charge in [-0.15, -0.1) is 0 Å². The minimum atomic E-state index is -1.61. The first kappa shape index (κ1) is 27.5. The number of hydrogen-bond acceptors (Lipinski definition) is 10. The Labute approximate surface area is 226 Å². The molecule has 10 atom stereocenters. The zero-order valence-corrected chi connectivity index (χ0v) is 21.5. The summed E-state index contributed by atoms with van der Waals surface area (Å²) in [5.41, 5.74) is 2.76. The standard InChI is InChI=1S/C29H34O10/c1-13-4-9-18-14(2)28(35)39-27(18)23-15(3)20(11-19(13)23)37-29-26(34)25(33)24(32)21(38-29)12-36-22(31)10-16-5-7-17(30)8-6-16/h5-8,18-21,23-27,29-30,32-34H,1-4,9-12H2. The molecule has 4 aliphatic rings. The quantitative estimate of drug-likeness (QED) is 0.235. The van der Waals surface area contributed by atoms with Crippen molar-refractivity contribution in [3.05, 3.63) is 66.3 Å². The molecule has 0 bridgehead atoms. The van der Waals surface area contributed by atoms with E-state index < -0.39 is 54.9 Å². The molecule has 0 spiro atoms. The van der Waals surface area contributed by atoms with Gasteiger partial charge in [0.15, 0.2) is 6.29 Å². The number of aliphatic hydroxyl groups is 3. The fourth-order valence-corrected chi connectivity index (χ4v) is 6.16. The maximum Gasteiger partial charge on any atom is 0.334 e. The molecule has 10 unspecified atom stereocenters. The van der Waals surface area contributed by atoms with E-state index in [9.17, 15) is 30.0 Å². The Hall–Kier alpha value is -3.02. The molecule has 2 heterocycles. The molecule has 39 heavy (non-hydrogen) atoms. The highest BCUT2D eigenvalue weighted by Crippen LogP contribution is 2.53. The van der Waals surface area contributed by atoms with E-state index in [-0.39, 0.29) is 36.5 Å². The van der Waals surface area contributed by atoms with Gasteiger partial charge in [0.1, 0.15) is 42.9 Å². The fourth-order valence-electron chi connectivity index (χ4n) is 6.16. The summed E-state index contributed by atoms with van der Waals surface area (Å²) in [6.45, 7) is 12.0. The Morgan fingerprint density at radius 3 is 2.46 bits per heavy atom. The highest BCUT2D eigenvalue weighted by atomic mass is 16.7. The average molecular weight is 543 g/mol. The average Bonchev–Trinajstić information content (AvgIpc) is 3.33. The minimum Gasteiger partial charge on any atom is -0.508 e. The van der Waals surface area contributed by atoms with Crippen molar-refractivity contribution in [1.29, 1.82) is 0 Å². The van der Waals surface area contributed by atoms with Gasteiger partial charge in [-0.3, -0.25) is 4.79 Å². The van der Waals surface area contributed by atoms with Gasteiger partial charge in [-0.25, -0.2) is 4.79 Å². The Kier molecular flexibility index (Phi) is 7.67. The molecule has 2 aliphatic carbocycles. The van der Waals surface area contributed by atoms with Crippen molar-refractivity contribution < 1.29 is 49.0 Å². The summed E-state index contributed by atoms with van der Waals surface area (Å²) in [6, 6.07) is 6.07. The summed E-state index contributed by atoms with van der Waals surface area (Å²) < 4.78 is 22.8. The van der Waals surface area contributed by atoms with Gasteiger partial charge in [-0.05, 0) is 48.4 Å². The Morgan fingerprint density at radius 1 is 1.03 bits per heavy atom. The maximum atomic E-state index is 12.3. The van der Waals surface area contributed by atoms with Gasteiger partial charge in [-0.2, -0.15) is 0 Å². The lowest BCUT2D eigenvalue weighted by Gasteiger charge is -2.41. The molecule has 4 fully saturated rings. The molecule has 2 saturated carbocycles. The third-order valence-electron chi connectivity index (χ3n) is 8.41. The van der Waals surface area contributed by atoms with Gasteiger partial charge in [0.2, 0.25) is 0 Å². The van der Waals surface area contributed by atoms with E-state index in [0.717, 1.165) is 12.0 Å². The number of allylic oxidation sites excluding steroid dienone is 1. The Bertz CT molecular complexity index is 1160.